The van der Waals surface area contributed by atoms with Gasteiger partial charge >= 0.3 is 0 Å². The maximum absolute atomic E-state index is 12.1. The van der Waals surface area contributed by atoms with E-state index in [-0.39, 0.29) is 11.8 Å². The van der Waals surface area contributed by atoms with Gasteiger partial charge in [-0.15, -0.1) is 0 Å². The smallest absolute Gasteiger partial charge is 0.227 e. The van der Waals surface area contributed by atoms with E-state index in [2.05, 4.69) is 17.1 Å². The number of nitrogens with one attached hydrogen (secondary N) is 1. The van der Waals surface area contributed by atoms with Gasteiger partial charge in [-0.25, -0.2) is 0 Å². The third-order valence-corrected chi connectivity index (χ3v) is 5.57. The van der Waals surface area contributed by atoms with E-state index in [1.54, 1.807) is 0 Å². The van der Waals surface area contributed by atoms with Crippen molar-refractivity contribution in [1.82, 2.24) is 10.2 Å². The number of nitrogens with zero attached hydrogens (tertiary/aromatic N) is 2. The van der Waals surface area contributed by atoms with Crippen molar-refractivity contribution in [2.75, 3.05) is 31.1 Å². The zero-order valence-corrected chi connectivity index (χ0v) is 15.9. The molecule has 0 spiro atoms. The van der Waals surface area contributed by atoms with Gasteiger partial charge < -0.3 is 15.1 Å². The zero-order valence-electron chi connectivity index (χ0n) is 15.9. The van der Waals surface area contributed by atoms with Gasteiger partial charge in [0.2, 0.25) is 11.8 Å². The standard InChI is InChI=1S/C21H31N3O2/c1-17-6-2-3-13-23(17)14-5-12-22-20(25)16-18-8-10-19(11-9-18)24-15-4-7-21(24)26/h8-11,17H,2-7,12-16H2,1H3,(H,22,25)/t17-/m0/s1. The summed E-state index contributed by atoms with van der Waals surface area (Å²) in [5.41, 5.74) is 1.93. The lowest BCUT2D eigenvalue weighted by Gasteiger charge is -2.33. The van der Waals surface area contributed by atoms with Crippen LogP contribution in [0.5, 0.6) is 0 Å². The molecule has 1 aromatic rings. The van der Waals surface area contributed by atoms with Gasteiger partial charge in [-0.05, 0) is 56.8 Å². The van der Waals surface area contributed by atoms with Crippen LogP contribution in [0.15, 0.2) is 24.3 Å². The first-order valence-electron chi connectivity index (χ1n) is 10.0. The van der Waals surface area contributed by atoms with Crippen LogP contribution in [0.2, 0.25) is 0 Å². The zero-order chi connectivity index (χ0) is 18.4. The van der Waals surface area contributed by atoms with Gasteiger partial charge in [-0.3, -0.25) is 9.59 Å². The molecule has 142 valence electrons. The summed E-state index contributed by atoms with van der Waals surface area (Å²) < 4.78 is 0. The number of hydrogen-bond acceptors (Lipinski definition) is 3. The lowest BCUT2D eigenvalue weighted by molar-refractivity contribution is -0.120. The molecule has 1 N–H and O–H groups in total. The molecule has 2 saturated heterocycles. The molecule has 0 saturated carbocycles. The second kappa shape index (κ2) is 9.17. The van der Waals surface area contributed by atoms with Crippen molar-refractivity contribution in [3.63, 3.8) is 0 Å². The maximum atomic E-state index is 12.1. The average Bonchev–Trinajstić information content (AvgIpc) is 3.07. The number of benzene rings is 1. The van der Waals surface area contributed by atoms with Crippen LogP contribution < -0.4 is 10.2 Å². The summed E-state index contributed by atoms with van der Waals surface area (Å²) in [6.07, 6.45) is 6.92. The highest BCUT2D eigenvalue weighted by Crippen LogP contribution is 2.21. The molecule has 1 atom stereocenters. The molecule has 2 fully saturated rings. The van der Waals surface area contributed by atoms with Crippen molar-refractivity contribution in [2.24, 2.45) is 0 Å². The first-order chi connectivity index (χ1) is 12.6. The van der Waals surface area contributed by atoms with Crippen molar-refractivity contribution in [3.8, 4) is 0 Å². The van der Waals surface area contributed by atoms with E-state index < -0.39 is 0 Å². The topological polar surface area (TPSA) is 52.7 Å². The minimum Gasteiger partial charge on any atom is -0.356 e. The van der Waals surface area contributed by atoms with Crippen LogP contribution in [0.25, 0.3) is 0 Å². The molecule has 0 aliphatic carbocycles. The lowest BCUT2D eigenvalue weighted by atomic mass is 10.0. The number of carbonyl (C=O) groups is 2. The Morgan fingerprint density at radius 3 is 2.65 bits per heavy atom. The Balaban J connectivity index is 1.37. The highest BCUT2D eigenvalue weighted by molar-refractivity contribution is 5.95. The van der Waals surface area contributed by atoms with Gasteiger partial charge in [-0.1, -0.05) is 18.6 Å². The number of hydrogen-bond donors (Lipinski definition) is 1. The number of amides is 2. The van der Waals surface area contributed by atoms with E-state index in [4.69, 9.17) is 0 Å². The molecule has 2 aliphatic rings. The quantitative estimate of drug-likeness (QED) is 0.764. The highest BCUT2D eigenvalue weighted by Gasteiger charge is 2.21. The van der Waals surface area contributed by atoms with Crippen molar-refractivity contribution >= 4 is 17.5 Å². The van der Waals surface area contributed by atoms with E-state index >= 15 is 0 Å². The molecule has 2 heterocycles. The van der Waals surface area contributed by atoms with E-state index in [0.29, 0.717) is 18.9 Å². The van der Waals surface area contributed by atoms with Crippen LogP contribution >= 0.6 is 0 Å². The van der Waals surface area contributed by atoms with Crippen molar-refractivity contribution in [3.05, 3.63) is 29.8 Å². The Labute approximate surface area is 156 Å². The predicted octanol–water partition coefficient (Wildman–Crippen LogP) is 2.74. The summed E-state index contributed by atoms with van der Waals surface area (Å²) >= 11 is 0. The van der Waals surface area contributed by atoms with Gasteiger partial charge in [0.25, 0.3) is 0 Å². The lowest BCUT2D eigenvalue weighted by Crippen LogP contribution is -2.39. The molecule has 0 radical (unpaired) electrons. The summed E-state index contributed by atoms with van der Waals surface area (Å²) in [4.78, 5) is 28.3. The third kappa shape index (κ3) is 5.07. The van der Waals surface area contributed by atoms with E-state index in [1.807, 2.05) is 29.2 Å². The van der Waals surface area contributed by atoms with Crippen LogP contribution in [0, 0.1) is 0 Å². The monoisotopic (exact) mass is 357 g/mol. The molecule has 5 heteroatoms. The van der Waals surface area contributed by atoms with Crippen molar-refractivity contribution in [1.29, 1.82) is 0 Å². The van der Waals surface area contributed by atoms with Gasteiger partial charge in [0.15, 0.2) is 0 Å². The summed E-state index contributed by atoms with van der Waals surface area (Å²) in [7, 11) is 0. The fourth-order valence-corrected chi connectivity index (χ4v) is 3.96. The van der Waals surface area contributed by atoms with Gasteiger partial charge in [0.1, 0.15) is 0 Å². The number of anilines is 1. The van der Waals surface area contributed by atoms with E-state index in [9.17, 15) is 9.59 Å². The summed E-state index contributed by atoms with van der Waals surface area (Å²) in [6.45, 7) is 6.11. The predicted molar refractivity (Wildman–Crippen MR) is 104 cm³/mol. The Morgan fingerprint density at radius 1 is 1.15 bits per heavy atom. The fourth-order valence-electron chi connectivity index (χ4n) is 3.96. The summed E-state index contributed by atoms with van der Waals surface area (Å²) in [5, 5.41) is 3.03. The molecule has 2 aliphatic heterocycles. The Hall–Kier alpha value is -1.88. The maximum Gasteiger partial charge on any atom is 0.227 e. The molecule has 3 rings (SSSR count). The molecule has 1 aromatic carbocycles. The van der Waals surface area contributed by atoms with Crippen LogP contribution in [0.4, 0.5) is 5.69 Å². The minimum atomic E-state index is 0.0710. The molecular weight excluding hydrogens is 326 g/mol. The van der Waals surface area contributed by atoms with Gasteiger partial charge in [0.05, 0.1) is 6.42 Å². The number of likely N-dealkylation sites (tertiary alicyclic amines) is 1. The van der Waals surface area contributed by atoms with Crippen LogP contribution in [0.1, 0.15) is 51.0 Å². The third-order valence-electron chi connectivity index (χ3n) is 5.57. The minimum absolute atomic E-state index is 0.0710. The number of carbonyl (C=O) groups excluding carboxylic acids is 2. The van der Waals surface area contributed by atoms with Crippen molar-refractivity contribution in [2.45, 2.75) is 57.9 Å². The highest BCUT2D eigenvalue weighted by atomic mass is 16.2. The number of piperidine rings is 1. The normalized spacial score (nSPS) is 21.2. The number of rotatable bonds is 7. The van der Waals surface area contributed by atoms with Crippen LogP contribution in [-0.4, -0.2) is 48.9 Å². The molecule has 5 nitrogen and oxygen atoms in total. The Bertz CT molecular complexity index is 614. The first kappa shape index (κ1) is 18.9. The van der Waals surface area contributed by atoms with Crippen LogP contribution in [0.3, 0.4) is 0 Å². The largest absolute Gasteiger partial charge is 0.356 e. The van der Waals surface area contributed by atoms with Gasteiger partial charge in [-0.2, -0.15) is 0 Å². The Morgan fingerprint density at radius 2 is 1.96 bits per heavy atom. The molecule has 0 aromatic heterocycles. The fraction of sp³-hybridized carbons (Fsp3) is 0.619. The van der Waals surface area contributed by atoms with Gasteiger partial charge in [0, 0.05) is 37.8 Å². The molecule has 2 amide bonds. The Kier molecular flexibility index (Phi) is 6.67. The van der Waals surface area contributed by atoms with E-state index in [1.165, 1.54) is 25.8 Å². The summed E-state index contributed by atoms with van der Waals surface area (Å²) in [5.74, 6) is 0.264. The molecule has 0 unspecified atom stereocenters. The first-order valence-corrected chi connectivity index (χ1v) is 10.0. The second-order valence-corrected chi connectivity index (χ2v) is 7.58. The van der Waals surface area contributed by atoms with Crippen LogP contribution in [-0.2, 0) is 16.0 Å². The second-order valence-electron chi connectivity index (χ2n) is 7.58. The summed E-state index contributed by atoms with van der Waals surface area (Å²) in [6, 6.07) is 8.49. The SMILES string of the molecule is C[C@H]1CCCCN1CCCNC(=O)Cc1ccc(N2CCCC2=O)cc1. The average molecular weight is 357 g/mol. The molecular formula is C21H31N3O2. The molecule has 26 heavy (non-hydrogen) atoms. The van der Waals surface area contributed by atoms with Crippen molar-refractivity contribution < 1.29 is 9.59 Å². The molecule has 0 bridgehead atoms. The van der Waals surface area contributed by atoms with E-state index in [0.717, 1.165) is 43.7 Å².